The van der Waals surface area contributed by atoms with Gasteiger partial charge in [-0.05, 0) is 25.2 Å². The third kappa shape index (κ3) is 6.74. The summed E-state index contributed by atoms with van der Waals surface area (Å²) in [6, 6.07) is 1.98. The first-order valence-corrected chi connectivity index (χ1v) is 6.88. The summed E-state index contributed by atoms with van der Waals surface area (Å²) in [5, 5.41) is 11.9. The molecule has 0 fully saturated rings. The molecule has 0 spiro atoms. The number of aromatic nitrogens is 2. The molecule has 0 aliphatic heterocycles. The number of rotatable bonds is 9. The summed E-state index contributed by atoms with van der Waals surface area (Å²) in [5.41, 5.74) is 1.05. The first kappa shape index (κ1) is 15.4. The molecule has 1 atom stereocenters. The maximum atomic E-state index is 10.5. The highest BCUT2D eigenvalue weighted by Crippen LogP contribution is 2.11. The van der Waals surface area contributed by atoms with Gasteiger partial charge in [-0.1, -0.05) is 20.3 Å². The van der Waals surface area contributed by atoms with E-state index in [0.29, 0.717) is 5.92 Å². The highest BCUT2D eigenvalue weighted by molar-refractivity contribution is 5.66. The minimum atomic E-state index is -0.722. The second-order valence-corrected chi connectivity index (χ2v) is 4.90. The van der Waals surface area contributed by atoms with Crippen LogP contribution in [-0.2, 0) is 11.2 Å². The monoisotopic (exact) mass is 265 g/mol. The number of anilines is 1. The largest absolute Gasteiger partial charge is 0.481 e. The Bertz CT molecular complexity index is 396. The molecule has 1 aromatic heterocycles. The van der Waals surface area contributed by atoms with E-state index in [9.17, 15) is 4.79 Å². The standard InChI is InChI=1S/C14H23N3O2/c1-3-4-12-9-13(17-10-16-12)15-8-7-11(2)5-6-14(18)19/h9-11H,3-8H2,1-2H3,(H,18,19)(H,15,16,17). The van der Waals surface area contributed by atoms with E-state index in [1.807, 2.05) is 6.07 Å². The van der Waals surface area contributed by atoms with Crippen molar-refractivity contribution in [1.82, 2.24) is 9.97 Å². The molecule has 106 valence electrons. The molecule has 0 aliphatic carbocycles. The zero-order chi connectivity index (χ0) is 14.1. The van der Waals surface area contributed by atoms with Crippen LogP contribution >= 0.6 is 0 Å². The van der Waals surface area contributed by atoms with Crippen molar-refractivity contribution in [2.45, 2.75) is 46.0 Å². The number of hydrogen-bond donors (Lipinski definition) is 2. The lowest BCUT2D eigenvalue weighted by molar-refractivity contribution is -0.137. The van der Waals surface area contributed by atoms with E-state index in [4.69, 9.17) is 5.11 Å². The van der Waals surface area contributed by atoms with Gasteiger partial charge in [-0.2, -0.15) is 0 Å². The van der Waals surface area contributed by atoms with Gasteiger partial charge in [0, 0.05) is 24.7 Å². The zero-order valence-electron chi connectivity index (χ0n) is 11.7. The molecule has 0 saturated carbocycles. The molecule has 5 heteroatoms. The zero-order valence-corrected chi connectivity index (χ0v) is 11.7. The lowest BCUT2D eigenvalue weighted by atomic mass is 10.0. The highest BCUT2D eigenvalue weighted by atomic mass is 16.4. The maximum absolute atomic E-state index is 10.5. The van der Waals surface area contributed by atoms with Gasteiger partial charge in [0.2, 0.25) is 0 Å². The quantitative estimate of drug-likeness (QED) is 0.718. The molecule has 0 radical (unpaired) electrons. The van der Waals surface area contributed by atoms with E-state index < -0.39 is 5.97 Å². The second-order valence-electron chi connectivity index (χ2n) is 4.90. The normalized spacial score (nSPS) is 12.1. The molecule has 0 saturated heterocycles. The van der Waals surface area contributed by atoms with Crippen LogP contribution in [0.1, 0.15) is 45.2 Å². The molecule has 2 N–H and O–H groups in total. The van der Waals surface area contributed by atoms with Gasteiger partial charge in [0.25, 0.3) is 0 Å². The van der Waals surface area contributed by atoms with Crippen molar-refractivity contribution < 1.29 is 9.90 Å². The van der Waals surface area contributed by atoms with Crippen molar-refractivity contribution in [2.75, 3.05) is 11.9 Å². The predicted molar refractivity (Wildman–Crippen MR) is 75.2 cm³/mol. The minimum Gasteiger partial charge on any atom is -0.481 e. The molecule has 5 nitrogen and oxygen atoms in total. The van der Waals surface area contributed by atoms with E-state index in [2.05, 4.69) is 29.1 Å². The van der Waals surface area contributed by atoms with Gasteiger partial charge in [0.05, 0.1) is 0 Å². The van der Waals surface area contributed by atoms with Gasteiger partial charge in [-0.15, -0.1) is 0 Å². The molecule has 1 unspecified atom stereocenters. The first-order valence-electron chi connectivity index (χ1n) is 6.88. The molecule has 0 bridgehead atoms. The van der Waals surface area contributed by atoms with Crippen molar-refractivity contribution in [2.24, 2.45) is 5.92 Å². The molecule has 1 aromatic rings. The summed E-state index contributed by atoms with van der Waals surface area (Å²) in [6.45, 7) is 5.01. The van der Waals surface area contributed by atoms with Crippen molar-refractivity contribution in [3.63, 3.8) is 0 Å². The van der Waals surface area contributed by atoms with Crippen LogP contribution in [-0.4, -0.2) is 27.6 Å². The third-order valence-electron chi connectivity index (χ3n) is 3.02. The molecule has 1 rings (SSSR count). The van der Waals surface area contributed by atoms with Crippen LogP contribution in [0.5, 0.6) is 0 Å². The molecule has 19 heavy (non-hydrogen) atoms. The Balaban J connectivity index is 2.28. The van der Waals surface area contributed by atoms with Crippen LogP contribution < -0.4 is 5.32 Å². The number of carboxylic acid groups (broad SMARTS) is 1. The predicted octanol–water partition coefficient (Wildman–Crippen LogP) is 2.73. The summed E-state index contributed by atoms with van der Waals surface area (Å²) in [6.07, 6.45) is 5.54. The Morgan fingerprint density at radius 1 is 1.42 bits per heavy atom. The average Bonchev–Trinajstić information content (AvgIpc) is 2.37. The van der Waals surface area contributed by atoms with Gasteiger partial charge in [0.1, 0.15) is 12.1 Å². The molecular formula is C14H23N3O2. The fourth-order valence-electron chi connectivity index (χ4n) is 1.85. The van der Waals surface area contributed by atoms with Crippen LogP contribution in [0.3, 0.4) is 0 Å². The van der Waals surface area contributed by atoms with Crippen LogP contribution in [0.4, 0.5) is 5.82 Å². The van der Waals surface area contributed by atoms with E-state index in [-0.39, 0.29) is 6.42 Å². The Labute approximate surface area is 114 Å². The van der Waals surface area contributed by atoms with Crippen molar-refractivity contribution in [3.8, 4) is 0 Å². The lowest BCUT2D eigenvalue weighted by Crippen LogP contribution is -2.09. The second kappa shape index (κ2) is 8.45. The summed E-state index contributed by atoms with van der Waals surface area (Å²) in [4.78, 5) is 18.8. The van der Waals surface area contributed by atoms with Crippen molar-refractivity contribution in [1.29, 1.82) is 0 Å². The summed E-state index contributed by atoms with van der Waals surface area (Å²) >= 11 is 0. The summed E-state index contributed by atoms with van der Waals surface area (Å²) in [5.74, 6) is 0.532. The lowest BCUT2D eigenvalue weighted by Gasteiger charge is -2.11. The Hall–Kier alpha value is -1.65. The van der Waals surface area contributed by atoms with Crippen molar-refractivity contribution >= 4 is 11.8 Å². The van der Waals surface area contributed by atoms with E-state index >= 15 is 0 Å². The van der Waals surface area contributed by atoms with Gasteiger partial charge in [-0.3, -0.25) is 4.79 Å². The summed E-state index contributed by atoms with van der Waals surface area (Å²) < 4.78 is 0. The first-order chi connectivity index (χ1) is 9.11. The van der Waals surface area contributed by atoms with Gasteiger partial charge < -0.3 is 10.4 Å². The fourth-order valence-corrected chi connectivity index (χ4v) is 1.85. The number of aryl methyl sites for hydroxylation is 1. The van der Waals surface area contributed by atoms with Gasteiger partial charge in [0.15, 0.2) is 0 Å². The number of carbonyl (C=O) groups is 1. The van der Waals surface area contributed by atoms with Crippen LogP contribution in [0.2, 0.25) is 0 Å². The fraction of sp³-hybridized carbons (Fsp3) is 0.643. The van der Waals surface area contributed by atoms with E-state index in [1.165, 1.54) is 0 Å². The average molecular weight is 265 g/mol. The smallest absolute Gasteiger partial charge is 0.303 e. The molecule has 0 amide bonds. The minimum absolute atomic E-state index is 0.245. The molecule has 1 heterocycles. The number of nitrogens with zero attached hydrogens (tertiary/aromatic N) is 2. The summed E-state index contributed by atoms with van der Waals surface area (Å²) in [7, 11) is 0. The SMILES string of the molecule is CCCc1cc(NCCC(C)CCC(=O)O)ncn1. The Morgan fingerprint density at radius 3 is 2.89 bits per heavy atom. The van der Waals surface area contributed by atoms with Crippen LogP contribution in [0.25, 0.3) is 0 Å². The van der Waals surface area contributed by atoms with Crippen molar-refractivity contribution in [3.05, 3.63) is 18.1 Å². The molecular weight excluding hydrogens is 242 g/mol. The van der Waals surface area contributed by atoms with Crippen LogP contribution in [0, 0.1) is 5.92 Å². The molecule has 0 aliphatic rings. The van der Waals surface area contributed by atoms with Crippen LogP contribution in [0.15, 0.2) is 12.4 Å². The number of nitrogens with one attached hydrogen (secondary N) is 1. The topological polar surface area (TPSA) is 75.1 Å². The number of carboxylic acids is 1. The maximum Gasteiger partial charge on any atom is 0.303 e. The van der Waals surface area contributed by atoms with E-state index in [1.54, 1.807) is 6.33 Å². The van der Waals surface area contributed by atoms with Gasteiger partial charge in [-0.25, -0.2) is 9.97 Å². The molecule has 0 aromatic carbocycles. The Kier molecular flexibility index (Phi) is 6.85. The highest BCUT2D eigenvalue weighted by Gasteiger charge is 2.05. The third-order valence-corrected chi connectivity index (χ3v) is 3.02. The Morgan fingerprint density at radius 2 is 2.21 bits per heavy atom. The number of hydrogen-bond acceptors (Lipinski definition) is 4. The number of aliphatic carboxylic acids is 1. The van der Waals surface area contributed by atoms with E-state index in [0.717, 1.165) is 43.7 Å². The van der Waals surface area contributed by atoms with Gasteiger partial charge >= 0.3 is 5.97 Å².